The van der Waals surface area contributed by atoms with Crippen LogP contribution in [0.5, 0.6) is 5.75 Å². The Labute approximate surface area is 126 Å². The highest BCUT2D eigenvalue weighted by atomic mass is 16.5. The molecule has 0 spiro atoms. The number of hydrogen-bond acceptors (Lipinski definition) is 4. The van der Waals surface area contributed by atoms with Gasteiger partial charge in [-0.25, -0.2) is 0 Å². The predicted octanol–water partition coefficient (Wildman–Crippen LogP) is 2.75. The van der Waals surface area contributed by atoms with Crippen molar-refractivity contribution < 1.29 is 9.84 Å². The Kier molecular flexibility index (Phi) is 5.15. The molecule has 0 saturated carbocycles. The Balaban J connectivity index is 1.95. The first kappa shape index (κ1) is 15.7. The van der Waals surface area contributed by atoms with E-state index in [1.807, 2.05) is 37.3 Å². The molecule has 0 aliphatic carbocycles. The standard InChI is InChI=1S/C17H24N2O2/c1-13(2)19-17(3,12-20)8-10-21-15-7-6-14-5-4-9-18-16(14)11-15/h4-7,9,11,13,19-20H,8,10,12H2,1-3H3. The Morgan fingerprint density at radius 1 is 1.33 bits per heavy atom. The third kappa shape index (κ3) is 4.41. The largest absolute Gasteiger partial charge is 0.493 e. The summed E-state index contributed by atoms with van der Waals surface area (Å²) in [4.78, 5) is 4.32. The van der Waals surface area contributed by atoms with Crippen LogP contribution < -0.4 is 10.1 Å². The van der Waals surface area contributed by atoms with Crippen LogP contribution in [0.1, 0.15) is 27.2 Å². The fourth-order valence-electron chi connectivity index (χ4n) is 2.42. The maximum atomic E-state index is 9.54. The van der Waals surface area contributed by atoms with E-state index in [9.17, 15) is 5.11 Å². The van der Waals surface area contributed by atoms with E-state index < -0.39 is 0 Å². The second kappa shape index (κ2) is 6.87. The van der Waals surface area contributed by atoms with Crippen LogP contribution in [-0.4, -0.2) is 34.9 Å². The van der Waals surface area contributed by atoms with Gasteiger partial charge < -0.3 is 15.2 Å². The minimum absolute atomic E-state index is 0.0911. The van der Waals surface area contributed by atoms with Gasteiger partial charge in [-0.2, -0.15) is 0 Å². The first-order chi connectivity index (χ1) is 10.0. The van der Waals surface area contributed by atoms with Crippen molar-refractivity contribution in [3.8, 4) is 5.75 Å². The summed E-state index contributed by atoms with van der Waals surface area (Å²) in [6, 6.07) is 10.2. The predicted molar refractivity (Wildman–Crippen MR) is 85.6 cm³/mol. The van der Waals surface area contributed by atoms with Crippen LogP contribution in [0.2, 0.25) is 0 Å². The normalized spacial score (nSPS) is 14.3. The highest BCUT2D eigenvalue weighted by Crippen LogP contribution is 2.19. The SMILES string of the molecule is CC(C)NC(C)(CO)CCOc1ccc2cccnc2c1. The van der Waals surface area contributed by atoms with Gasteiger partial charge in [0.25, 0.3) is 0 Å². The van der Waals surface area contributed by atoms with Gasteiger partial charge in [0.1, 0.15) is 5.75 Å². The van der Waals surface area contributed by atoms with E-state index in [0.717, 1.165) is 23.1 Å². The van der Waals surface area contributed by atoms with Gasteiger partial charge in [0.05, 0.1) is 18.7 Å². The summed E-state index contributed by atoms with van der Waals surface area (Å²) in [5, 5.41) is 14.0. The zero-order valence-corrected chi connectivity index (χ0v) is 13.0. The van der Waals surface area contributed by atoms with Crippen molar-refractivity contribution >= 4 is 10.9 Å². The molecule has 2 aromatic rings. The van der Waals surface area contributed by atoms with Gasteiger partial charge in [-0.05, 0) is 25.1 Å². The summed E-state index contributed by atoms with van der Waals surface area (Å²) in [5.74, 6) is 0.811. The van der Waals surface area contributed by atoms with Crippen molar-refractivity contribution in [3.05, 3.63) is 36.5 Å². The van der Waals surface area contributed by atoms with E-state index in [1.54, 1.807) is 6.20 Å². The number of benzene rings is 1. The van der Waals surface area contributed by atoms with Gasteiger partial charge in [0.2, 0.25) is 0 Å². The quantitative estimate of drug-likeness (QED) is 0.822. The lowest BCUT2D eigenvalue weighted by atomic mass is 9.98. The molecule has 0 fully saturated rings. The number of hydrogen-bond donors (Lipinski definition) is 2. The van der Waals surface area contributed by atoms with E-state index >= 15 is 0 Å². The molecule has 0 amide bonds. The van der Waals surface area contributed by atoms with Crippen molar-refractivity contribution in [2.75, 3.05) is 13.2 Å². The molecular formula is C17H24N2O2. The molecule has 1 unspecified atom stereocenters. The molecule has 1 atom stereocenters. The average Bonchev–Trinajstić information content (AvgIpc) is 2.46. The van der Waals surface area contributed by atoms with Crippen molar-refractivity contribution in [2.45, 2.75) is 38.8 Å². The van der Waals surface area contributed by atoms with Crippen LogP contribution in [0.15, 0.2) is 36.5 Å². The lowest BCUT2D eigenvalue weighted by molar-refractivity contribution is 0.136. The highest BCUT2D eigenvalue weighted by Gasteiger charge is 2.23. The summed E-state index contributed by atoms with van der Waals surface area (Å²) in [6.07, 6.45) is 2.52. The molecule has 114 valence electrons. The summed E-state index contributed by atoms with van der Waals surface area (Å²) in [6.45, 7) is 6.80. The molecule has 0 saturated heterocycles. The lowest BCUT2D eigenvalue weighted by Gasteiger charge is -2.31. The fraction of sp³-hybridized carbons (Fsp3) is 0.471. The molecule has 0 bridgehead atoms. The molecule has 21 heavy (non-hydrogen) atoms. The average molecular weight is 288 g/mol. The Hall–Kier alpha value is -1.65. The zero-order valence-electron chi connectivity index (χ0n) is 13.0. The second-order valence-corrected chi connectivity index (χ2v) is 5.97. The summed E-state index contributed by atoms with van der Waals surface area (Å²) >= 11 is 0. The van der Waals surface area contributed by atoms with Crippen molar-refractivity contribution in [1.82, 2.24) is 10.3 Å². The first-order valence-electron chi connectivity index (χ1n) is 7.38. The fourth-order valence-corrected chi connectivity index (χ4v) is 2.42. The second-order valence-electron chi connectivity index (χ2n) is 5.97. The maximum Gasteiger partial charge on any atom is 0.121 e. The van der Waals surface area contributed by atoms with Gasteiger partial charge in [-0.15, -0.1) is 0 Å². The van der Waals surface area contributed by atoms with Crippen LogP contribution >= 0.6 is 0 Å². The minimum atomic E-state index is -0.316. The third-order valence-corrected chi connectivity index (χ3v) is 3.49. The summed E-state index contributed by atoms with van der Waals surface area (Å²) in [7, 11) is 0. The number of nitrogens with zero attached hydrogens (tertiary/aromatic N) is 1. The molecule has 0 radical (unpaired) electrons. The number of fused-ring (bicyclic) bond motifs is 1. The van der Waals surface area contributed by atoms with E-state index in [0.29, 0.717) is 12.6 Å². The van der Waals surface area contributed by atoms with E-state index in [4.69, 9.17) is 4.74 Å². The molecule has 2 N–H and O–H groups in total. The number of ether oxygens (including phenoxy) is 1. The monoisotopic (exact) mass is 288 g/mol. The Morgan fingerprint density at radius 2 is 2.14 bits per heavy atom. The van der Waals surface area contributed by atoms with Crippen LogP contribution in [0.3, 0.4) is 0 Å². The molecule has 2 rings (SSSR count). The molecule has 1 heterocycles. The number of aliphatic hydroxyl groups excluding tert-OH is 1. The smallest absolute Gasteiger partial charge is 0.121 e. The minimum Gasteiger partial charge on any atom is -0.493 e. The maximum absolute atomic E-state index is 9.54. The van der Waals surface area contributed by atoms with Gasteiger partial charge in [0, 0.05) is 35.7 Å². The van der Waals surface area contributed by atoms with Crippen LogP contribution in [0.4, 0.5) is 0 Å². The number of nitrogens with one attached hydrogen (secondary N) is 1. The number of aromatic nitrogens is 1. The van der Waals surface area contributed by atoms with E-state index in [-0.39, 0.29) is 12.1 Å². The van der Waals surface area contributed by atoms with Gasteiger partial charge in [-0.1, -0.05) is 19.9 Å². The van der Waals surface area contributed by atoms with Gasteiger partial charge in [0.15, 0.2) is 0 Å². The van der Waals surface area contributed by atoms with Crippen LogP contribution in [0, 0.1) is 0 Å². The number of aliphatic hydroxyl groups is 1. The number of pyridine rings is 1. The topological polar surface area (TPSA) is 54.4 Å². The molecule has 1 aromatic heterocycles. The molecular weight excluding hydrogens is 264 g/mol. The summed E-state index contributed by atoms with van der Waals surface area (Å²) in [5.41, 5.74) is 0.615. The zero-order chi connectivity index (χ0) is 15.3. The third-order valence-electron chi connectivity index (χ3n) is 3.49. The van der Waals surface area contributed by atoms with Gasteiger partial charge in [-0.3, -0.25) is 4.98 Å². The first-order valence-corrected chi connectivity index (χ1v) is 7.38. The van der Waals surface area contributed by atoms with Gasteiger partial charge >= 0.3 is 0 Å². The summed E-state index contributed by atoms with van der Waals surface area (Å²) < 4.78 is 5.80. The highest BCUT2D eigenvalue weighted by molar-refractivity contribution is 5.79. The Morgan fingerprint density at radius 3 is 2.86 bits per heavy atom. The Bertz CT molecular complexity index is 586. The molecule has 0 aliphatic heterocycles. The molecule has 0 aliphatic rings. The van der Waals surface area contributed by atoms with Crippen LogP contribution in [0.25, 0.3) is 10.9 Å². The van der Waals surface area contributed by atoms with E-state index in [1.165, 1.54) is 0 Å². The lowest BCUT2D eigenvalue weighted by Crippen LogP contribution is -2.49. The van der Waals surface area contributed by atoms with Crippen LogP contribution in [-0.2, 0) is 0 Å². The van der Waals surface area contributed by atoms with E-state index in [2.05, 4.69) is 24.1 Å². The molecule has 4 nitrogen and oxygen atoms in total. The van der Waals surface area contributed by atoms with Crippen molar-refractivity contribution in [3.63, 3.8) is 0 Å². The van der Waals surface area contributed by atoms with Crippen molar-refractivity contribution in [1.29, 1.82) is 0 Å². The number of rotatable bonds is 7. The molecule has 1 aromatic carbocycles. The molecule has 4 heteroatoms. The van der Waals surface area contributed by atoms with Crippen molar-refractivity contribution in [2.24, 2.45) is 0 Å².